The Hall–Kier alpha value is -5.40. The lowest BCUT2D eigenvalue weighted by molar-refractivity contribution is 0.0780. The van der Waals surface area contributed by atoms with Gasteiger partial charge in [0.2, 0.25) is 0 Å². The zero-order valence-corrected chi connectivity index (χ0v) is 28.2. The van der Waals surface area contributed by atoms with Crippen molar-refractivity contribution in [3.05, 3.63) is 139 Å². The van der Waals surface area contributed by atoms with Crippen LogP contribution < -0.4 is 0 Å². The molecule has 1 aromatic heterocycles. The van der Waals surface area contributed by atoms with Gasteiger partial charge in [0.05, 0.1) is 11.6 Å². The summed E-state index contributed by atoms with van der Waals surface area (Å²) in [7, 11) is 0. The fraction of sp³-hybridized carbons (Fsp3) is 0.244. The number of hydrogen-bond acceptors (Lipinski definition) is 4. The highest BCUT2D eigenvalue weighted by Gasteiger charge is 2.45. The molecule has 4 atom stereocenters. The highest BCUT2D eigenvalue weighted by atomic mass is 15.0. The predicted octanol–water partition coefficient (Wildman–Crippen LogP) is 11.2. The molecule has 5 aromatic carbocycles. The third kappa shape index (κ3) is 6.18. The first-order valence-corrected chi connectivity index (χ1v) is 17.6. The van der Waals surface area contributed by atoms with E-state index < -0.39 is 0 Å². The number of benzene rings is 5. The fourth-order valence-electron chi connectivity index (χ4n) is 8.93. The molecule has 0 radical (unpaired) electrons. The largest absolute Gasteiger partial charge is 0.208 e. The topological polar surface area (TPSA) is 62.5 Å². The van der Waals surface area contributed by atoms with Crippen LogP contribution >= 0.6 is 0 Å². The number of fused-ring (bicyclic) bond motifs is 2. The molecule has 2 aliphatic rings. The SMILES string of the molecule is C[C@@H]1CC2C[C@H](C)CC(c3ccc(-c4nc(-c5ccccc5)nc(-c5ccc(-c6cccc(C#N)c6)c(-c6ccccc6)c5)n4)cc3)(C2)C1. The summed E-state index contributed by atoms with van der Waals surface area (Å²) in [5, 5.41) is 9.60. The fourth-order valence-corrected chi connectivity index (χ4v) is 8.93. The maximum Gasteiger partial charge on any atom is 0.164 e. The van der Waals surface area contributed by atoms with Gasteiger partial charge in [-0.15, -0.1) is 0 Å². The second-order valence-electron chi connectivity index (χ2n) is 14.5. The number of hydrogen-bond donors (Lipinski definition) is 0. The molecule has 0 aliphatic heterocycles. The second kappa shape index (κ2) is 12.9. The summed E-state index contributed by atoms with van der Waals surface area (Å²) >= 11 is 0. The van der Waals surface area contributed by atoms with E-state index in [2.05, 4.69) is 105 Å². The van der Waals surface area contributed by atoms with Crippen LogP contribution in [0.5, 0.6) is 0 Å². The molecule has 0 spiro atoms. The maximum atomic E-state index is 9.60. The van der Waals surface area contributed by atoms with Crippen molar-refractivity contribution < 1.29 is 0 Å². The van der Waals surface area contributed by atoms with Crippen LogP contribution in [0.15, 0.2) is 127 Å². The summed E-state index contributed by atoms with van der Waals surface area (Å²) in [6.07, 6.45) is 6.62. The Bertz CT molecular complexity index is 2130. The summed E-state index contributed by atoms with van der Waals surface area (Å²) < 4.78 is 0. The highest BCUT2D eigenvalue weighted by molar-refractivity contribution is 5.87. The third-order valence-corrected chi connectivity index (χ3v) is 10.7. The van der Waals surface area contributed by atoms with Crippen molar-refractivity contribution in [1.82, 2.24) is 15.0 Å². The Morgan fingerprint density at radius 1 is 0.531 bits per heavy atom. The lowest BCUT2D eigenvalue weighted by atomic mass is 9.54. The van der Waals surface area contributed by atoms with Gasteiger partial charge in [-0.3, -0.25) is 0 Å². The Morgan fingerprint density at radius 2 is 1.08 bits per heavy atom. The average molecular weight is 637 g/mol. The molecule has 2 fully saturated rings. The molecule has 240 valence electrons. The van der Waals surface area contributed by atoms with E-state index in [9.17, 15) is 5.26 Å². The minimum atomic E-state index is 0.278. The van der Waals surface area contributed by atoms with E-state index in [-0.39, 0.29) is 5.41 Å². The van der Waals surface area contributed by atoms with E-state index >= 15 is 0 Å². The first-order valence-electron chi connectivity index (χ1n) is 17.6. The standard InChI is InChI=1S/C45H40N4/c1-30-22-33-23-31(2)27-45(26-30,28-33)39-19-16-36(17-20-39)43-47-42(35-13-7-4-8-14-35)48-44(49-43)38-18-21-40(37-15-9-10-32(24-37)29-46)41(25-38)34-11-5-3-6-12-34/h3-21,24-25,30-31,33H,22-23,26-28H2,1-2H3/t30-,31+,33?,45?. The molecule has 4 heteroatoms. The van der Waals surface area contributed by atoms with Gasteiger partial charge in [0.15, 0.2) is 17.5 Å². The molecule has 2 bridgehead atoms. The molecule has 2 saturated carbocycles. The quantitative estimate of drug-likeness (QED) is 0.182. The van der Waals surface area contributed by atoms with Crippen molar-refractivity contribution in [2.75, 3.05) is 0 Å². The van der Waals surface area contributed by atoms with Crippen molar-refractivity contribution >= 4 is 0 Å². The Kier molecular flexibility index (Phi) is 8.14. The summed E-state index contributed by atoms with van der Waals surface area (Å²) in [6, 6.07) is 46.1. The second-order valence-corrected chi connectivity index (χ2v) is 14.5. The summed E-state index contributed by atoms with van der Waals surface area (Å²) in [6.45, 7) is 4.89. The third-order valence-electron chi connectivity index (χ3n) is 10.7. The van der Waals surface area contributed by atoms with Crippen molar-refractivity contribution in [3.63, 3.8) is 0 Å². The van der Waals surface area contributed by atoms with Crippen molar-refractivity contribution in [3.8, 4) is 62.5 Å². The average Bonchev–Trinajstić information content (AvgIpc) is 3.14. The first kappa shape index (κ1) is 30.9. The Labute approximate surface area is 289 Å². The van der Waals surface area contributed by atoms with Gasteiger partial charge in [-0.1, -0.05) is 123 Å². The van der Waals surface area contributed by atoms with Crippen molar-refractivity contribution in [2.45, 2.75) is 51.4 Å². The van der Waals surface area contributed by atoms with Crippen molar-refractivity contribution in [2.24, 2.45) is 17.8 Å². The molecule has 2 aliphatic carbocycles. The van der Waals surface area contributed by atoms with Gasteiger partial charge >= 0.3 is 0 Å². The molecule has 49 heavy (non-hydrogen) atoms. The molecule has 0 amide bonds. The van der Waals surface area contributed by atoms with Crippen LogP contribution in [-0.2, 0) is 5.41 Å². The minimum absolute atomic E-state index is 0.278. The Morgan fingerprint density at radius 3 is 1.71 bits per heavy atom. The van der Waals surface area contributed by atoms with Crippen LogP contribution in [-0.4, -0.2) is 15.0 Å². The zero-order chi connectivity index (χ0) is 33.4. The summed E-state index contributed by atoms with van der Waals surface area (Å²) in [5.41, 5.74) is 9.44. The smallest absolute Gasteiger partial charge is 0.164 e. The molecule has 6 aromatic rings. The van der Waals surface area contributed by atoms with Gasteiger partial charge in [-0.25, -0.2) is 15.0 Å². The van der Waals surface area contributed by atoms with E-state index in [1.165, 1.54) is 37.7 Å². The molecule has 1 heterocycles. The van der Waals surface area contributed by atoms with Crippen LogP contribution in [0.4, 0.5) is 0 Å². The van der Waals surface area contributed by atoms with Gasteiger partial charge in [0, 0.05) is 16.7 Å². The van der Waals surface area contributed by atoms with E-state index in [1.807, 2.05) is 42.5 Å². The number of nitriles is 1. The lowest BCUT2D eigenvalue weighted by Gasteiger charge is -2.50. The summed E-state index contributed by atoms with van der Waals surface area (Å²) in [5.74, 6) is 4.34. The van der Waals surface area contributed by atoms with Crippen LogP contribution in [0, 0.1) is 29.1 Å². The monoisotopic (exact) mass is 636 g/mol. The van der Waals surface area contributed by atoms with Crippen LogP contribution in [0.25, 0.3) is 56.4 Å². The van der Waals surface area contributed by atoms with E-state index in [1.54, 1.807) is 0 Å². The molecule has 4 nitrogen and oxygen atoms in total. The number of rotatable bonds is 6. The van der Waals surface area contributed by atoms with E-state index in [0.29, 0.717) is 23.0 Å². The molecule has 0 saturated heterocycles. The maximum absolute atomic E-state index is 9.60. The molecule has 2 unspecified atom stereocenters. The predicted molar refractivity (Wildman–Crippen MR) is 198 cm³/mol. The van der Waals surface area contributed by atoms with Gasteiger partial charge in [-0.05, 0) is 101 Å². The van der Waals surface area contributed by atoms with E-state index in [0.717, 1.165) is 56.7 Å². The molecule has 8 rings (SSSR count). The van der Waals surface area contributed by atoms with Crippen LogP contribution in [0.3, 0.4) is 0 Å². The molecular weight excluding hydrogens is 597 g/mol. The summed E-state index contributed by atoms with van der Waals surface area (Å²) in [4.78, 5) is 15.2. The van der Waals surface area contributed by atoms with E-state index in [4.69, 9.17) is 15.0 Å². The lowest BCUT2D eigenvalue weighted by Crippen LogP contribution is -2.42. The van der Waals surface area contributed by atoms with Crippen LogP contribution in [0.1, 0.15) is 57.1 Å². The van der Waals surface area contributed by atoms with Crippen LogP contribution in [0.2, 0.25) is 0 Å². The van der Waals surface area contributed by atoms with Gasteiger partial charge in [-0.2, -0.15) is 5.26 Å². The Balaban J connectivity index is 1.23. The van der Waals surface area contributed by atoms with Crippen molar-refractivity contribution in [1.29, 1.82) is 5.26 Å². The van der Waals surface area contributed by atoms with Gasteiger partial charge < -0.3 is 0 Å². The zero-order valence-electron chi connectivity index (χ0n) is 28.2. The van der Waals surface area contributed by atoms with Gasteiger partial charge in [0.25, 0.3) is 0 Å². The molecular formula is C45H40N4. The number of nitrogens with zero attached hydrogens (tertiary/aromatic N) is 4. The highest BCUT2D eigenvalue weighted by Crippen LogP contribution is 2.54. The number of aromatic nitrogens is 3. The molecule has 0 N–H and O–H groups in total. The first-order chi connectivity index (χ1) is 24.0. The van der Waals surface area contributed by atoms with Gasteiger partial charge in [0.1, 0.15) is 0 Å². The minimum Gasteiger partial charge on any atom is -0.208 e. The normalized spacial score (nSPS) is 21.5.